The Morgan fingerprint density at radius 3 is 2.37 bits per heavy atom. The highest BCUT2D eigenvalue weighted by Crippen LogP contribution is 2.45. The Kier molecular flexibility index (Phi) is 11.8. The van der Waals surface area contributed by atoms with Gasteiger partial charge in [-0.05, 0) is 136 Å². The van der Waals surface area contributed by atoms with Gasteiger partial charge in [-0.25, -0.2) is 19.3 Å². The Morgan fingerprint density at radius 1 is 0.866 bits per heavy atom. The molecular weight excluding hydrogens is 851 g/mol. The predicted molar refractivity (Wildman–Crippen MR) is 252 cm³/mol. The van der Waals surface area contributed by atoms with Gasteiger partial charge in [-0.1, -0.05) is 25.1 Å². The van der Waals surface area contributed by atoms with Crippen LogP contribution in [-0.2, 0) is 34.7 Å². The molecule has 67 heavy (non-hydrogen) atoms. The number of rotatable bonds is 14. The lowest BCUT2D eigenvalue weighted by Gasteiger charge is -2.46. The van der Waals surface area contributed by atoms with E-state index in [0.29, 0.717) is 70.5 Å². The number of benzene rings is 2. The molecule has 3 fully saturated rings. The van der Waals surface area contributed by atoms with Gasteiger partial charge < -0.3 is 21.1 Å². The van der Waals surface area contributed by atoms with E-state index >= 15 is 0 Å². The van der Waals surface area contributed by atoms with Crippen molar-refractivity contribution < 1.29 is 24.3 Å². The Labute approximate surface area is 388 Å². The highest BCUT2D eigenvalue weighted by molar-refractivity contribution is 6.23. The summed E-state index contributed by atoms with van der Waals surface area (Å²) in [5.41, 5.74) is 4.60. The number of nitrogens with zero attached hydrogens (tertiary/aromatic N) is 7. The van der Waals surface area contributed by atoms with E-state index in [1.54, 1.807) is 22.9 Å². The predicted octanol–water partition coefficient (Wildman–Crippen LogP) is 5.08. The molecular formula is C50H57N11O6. The number of pyridine rings is 1. The molecule has 17 heteroatoms. The fraction of sp³-hybridized carbons (Fsp3) is 0.440. The summed E-state index contributed by atoms with van der Waals surface area (Å²) in [7, 11) is 0. The third kappa shape index (κ3) is 8.44. The number of carbonyl (C=O) groups excluding carboxylic acids is 4. The Bertz CT molecular complexity index is 2840. The average Bonchev–Trinajstić information content (AvgIpc) is 3.91. The number of fused-ring (bicyclic) bond motifs is 3. The van der Waals surface area contributed by atoms with E-state index in [9.17, 15) is 29.1 Å². The molecule has 2 atom stereocenters. The number of likely N-dealkylation sites (tertiary alicyclic amines) is 1. The molecule has 2 saturated heterocycles. The van der Waals surface area contributed by atoms with Crippen molar-refractivity contribution in [2.75, 3.05) is 36.8 Å². The number of carbonyl (C=O) groups is 4. The lowest BCUT2D eigenvalue weighted by Crippen LogP contribution is -2.54. The second-order valence-electron chi connectivity index (χ2n) is 18.9. The Morgan fingerprint density at radius 2 is 1.63 bits per heavy atom. The summed E-state index contributed by atoms with van der Waals surface area (Å²) in [5.74, 6) is -1.10. The molecule has 17 nitrogen and oxygen atoms in total. The van der Waals surface area contributed by atoms with Crippen LogP contribution in [-0.4, -0.2) is 101 Å². The minimum absolute atomic E-state index is 0.0975. The molecule has 1 spiro atoms. The largest absolute Gasteiger partial charge is 0.384 e. The molecule has 5 aromatic rings. The molecule has 4 amide bonds. The van der Waals surface area contributed by atoms with E-state index in [1.807, 2.05) is 49.4 Å². The lowest BCUT2D eigenvalue weighted by atomic mass is 9.67. The van der Waals surface area contributed by atoms with Crippen LogP contribution in [0.1, 0.15) is 109 Å². The summed E-state index contributed by atoms with van der Waals surface area (Å²) in [4.78, 5) is 81.7. The van der Waals surface area contributed by atoms with E-state index in [-0.39, 0.29) is 30.9 Å². The minimum Gasteiger partial charge on any atom is -0.384 e. The van der Waals surface area contributed by atoms with Crippen LogP contribution < -0.4 is 26.8 Å². The molecule has 6 heterocycles. The summed E-state index contributed by atoms with van der Waals surface area (Å²) in [6.45, 7) is 10.4. The molecule has 3 aromatic heterocycles. The van der Waals surface area contributed by atoms with Gasteiger partial charge in [0.15, 0.2) is 11.5 Å². The van der Waals surface area contributed by atoms with Gasteiger partial charge in [-0.15, -0.1) is 6.58 Å². The van der Waals surface area contributed by atoms with Crippen molar-refractivity contribution in [2.24, 2.45) is 5.41 Å². The number of hydrogen-bond donors (Lipinski definition) is 5. The zero-order valence-electron chi connectivity index (χ0n) is 37.9. The van der Waals surface area contributed by atoms with Crippen molar-refractivity contribution >= 4 is 52.0 Å². The summed E-state index contributed by atoms with van der Waals surface area (Å²) >= 11 is 0. The maximum Gasteiger partial charge on any atom is 0.278 e. The van der Waals surface area contributed by atoms with Crippen molar-refractivity contribution in [1.82, 2.24) is 44.7 Å². The molecule has 2 aliphatic carbocycles. The third-order valence-electron chi connectivity index (χ3n) is 14.9. The zero-order valence-corrected chi connectivity index (χ0v) is 37.9. The average molecular weight is 908 g/mol. The van der Waals surface area contributed by atoms with E-state index in [1.165, 1.54) is 23.7 Å². The molecule has 10 rings (SSSR count). The number of imide groups is 2. The van der Waals surface area contributed by atoms with Crippen LogP contribution in [0, 0.1) is 5.41 Å². The highest BCUT2D eigenvalue weighted by Gasteiger charge is 2.45. The van der Waals surface area contributed by atoms with Crippen LogP contribution in [0.15, 0.2) is 78.2 Å². The molecule has 3 aliphatic heterocycles. The van der Waals surface area contributed by atoms with Crippen LogP contribution >= 0.6 is 0 Å². The number of aryl methyl sites for hydroxylation is 1. The first-order chi connectivity index (χ1) is 32.4. The summed E-state index contributed by atoms with van der Waals surface area (Å²) in [6.07, 6.45) is 12.3. The highest BCUT2D eigenvalue weighted by atomic mass is 16.3. The van der Waals surface area contributed by atoms with Crippen LogP contribution in [0.25, 0.3) is 16.9 Å². The molecule has 0 bridgehead atoms. The standard InChI is InChI=1S/C50H57N11O6/c1-3-25-59-45(64)38-29-53-48(57-43(38)61(59)40-13-6-32-15-20-50(67,4-2)42(32)55-40)54-35-9-7-33(8-10-35)51-23-24-52-34-16-18-49(19-17-34)21-26-58(27-22-49)30-31-5-11-36-37(28-31)47(66)60(46(36)65)39-12-14-41(62)56-44(39)63/h3,5-11,13,28-29,34,39,51-52,67H,1,4,12,14-27,30H2,2H3,(H,53,54,57)(H,56,62,63)/t39?,50-/m1/s1. The summed E-state index contributed by atoms with van der Waals surface area (Å²) in [5, 5.41) is 24.5. The number of piperidine rings is 2. The monoisotopic (exact) mass is 907 g/mol. The van der Waals surface area contributed by atoms with Crippen LogP contribution in [0.5, 0.6) is 0 Å². The van der Waals surface area contributed by atoms with Crippen LogP contribution in [0.2, 0.25) is 0 Å². The SMILES string of the molecule is C=CCn1c(=O)c2cnc(Nc3ccc(NCCNC4CCC5(CC4)CCN(Cc4ccc6c(c4)C(=O)N(C4CCC(=O)NC4=O)C6=O)CC5)cc3)nc2n1-c1ccc2c(n1)[C@@](O)(CC)CC2. The van der Waals surface area contributed by atoms with Gasteiger partial charge in [0.1, 0.15) is 17.0 Å². The number of allylic oxidation sites excluding steroid dienone is 1. The molecule has 1 unspecified atom stereocenters. The number of aromatic nitrogens is 5. The lowest BCUT2D eigenvalue weighted by molar-refractivity contribution is -0.136. The molecule has 5 N–H and O–H groups in total. The number of amides is 4. The fourth-order valence-corrected chi connectivity index (χ4v) is 10.9. The summed E-state index contributed by atoms with van der Waals surface area (Å²) < 4.78 is 3.23. The van der Waals surface area contributed by atoms with Crippen molar-refractivity contribution in [3.8, 4) is 5.82 Å². The number of hydrogen-bond acceptors (Lipinski definition) is 13. The molecule has 1 saturated carbocycles. The van der Waals surface area contributed by atoms with E-state index in [4.69, 9.17) is 9.97 Å². The van der Waals surface area contributed by atoms with Gasteiger partial charge in [-0.2, -0.15) is 4.98 Å². The normalized spacial score (nSPS) is 21.8. The molecule has 2 aromatic carbocycles. The van der Waals surface area contributed by atoms with Crippen LogP contribution in [0.3, 0.4) is 0 Å². The molecule has 0 radical (unpaired) electrons. The van der Waals surface area contributed by atoms with Crippen molar-refractivity contribution in [3.63, 3.8) is 0 Å². The van der Waals surface area contributed by atoms with Gasteiger partial charge in [0.05, 0.1) is 23.4 Å². The van der Waals surface area contributed by atoms with Gasteiger partial charge in [0.2, 0.25) is 17.8 Å². The van der Waals surface area contributed by atoms with Crippen molar-refractivity contribution in [1.29, 1.82) is 0 Å². The smallest absolute Gasteiger partial charge is 0.278 e. The summed E-state index contributed by atoms with van der Waals surface area (Å²) in [6, 6.07) is 16.7. The molecule has 5 aliphatic rings. The van der Waals surface area contributed by atoms with Gasteiger partial charge in [-0.3, -0.25) is 39.1 Å². The van der Waals surface area contributed by atoms with E-state index in [2.05, 4.69) is 37.7 Å². The maximum absolute atomic E-state index is 13.5. The molecule has 348 valence electrons. The topological polar surface area (TPSA) is 209 Å². The fourth-order valence-electron chi connectivity index (χ4n) is 10.9. The van der Waals surface area contributed by atoms with Crippen molar-refractivity contribution in [2.45, 2.75) is 108 Å². The van der Waals surface area contributed by atoms with Gasteiger partial charge >= 0.3 is 0 Å². The third-order valence-corrected chi connectivity index (χ3v) is 14.9. The zero-order chi connectivity index (χ0) is 46.5. The first-order valence-corrected chi connectivity index (χ1v) is 23.7. The Balaban J connectivity index is 0.680. The number of nitrogens with one attached hydrogen (secondary N) is 4. The number of aliphatic hydroxyl groups is 1. The van der Waals surface area contributed by atoms with Crippen molar-refractivity contribution in [3.05, 3.63) is 112 Å². The second-order valence-corrected chi connectivity index (χ2v) is 18.9. The van der Waals surface area contributed by atoms with Crippen LogP contribution in [0.4, 0.5) is 17.3 Å². The first-order valence-electron chi connectivity index (χ1n) is 23.7. The van der Waals surface area contributed by atoms with Gasteiger partial charge in [0, 0.05) is 49.7 Å². The van der Waals surface area contributed by atoms with E-state index in [0.717, 1.165) is 85.7 Å². The minimum atomic E-state index is -1.00. The van der Waals surface area contributed by atoms with E-state index < -0.39 is 29.4 Å². The second kappa shape index (κ2) is 17.9. The van der Waals surface area contributed by atoms with Gasteiger partial charge in [0.25, 0.3) is 17.4 Å². The first kappa shape index (κ1) is 44.3. The maximum atomic E-state index is 13.5. The Hall–Kier alpha value is -6.56. The quantitative estimate of drug-likeness (QED) is 0.0561. The number of anilines is 3.